The highest BCUT2D eigenvalue weighted by atomic mass is 16.5. The minimum Gasteiger partial charge on any atom is -0.492 e. The average molecular weight is 310 g/mol. The van der Waals surface area contributed by atoms with Crippen LogP contribution in [0.1, 0.15) is 24.2 Å². The number of benzene rings is 2. The van der Waals surface area contributed by atoms with Crippen LogP contribution >= 0.6 is 0 Å². The largest absolute Gasteiger partial charge is 0.492 e. The summed E-state index contributed by atoms with van der Waals surface area (Å²) < 4.78 is 7.31. The van der Waals surface area contributed by atoms with Gasteiger partial charge in [-0.2, -0.15) is 0 Å². The van der Waals surface area contributed by atoms with Crippen LogP contribution in [-0.4, -0.2) is 27.5 Å². The Balaban J connectivity index is 1.86. The SMILES string of the molecule is CCOc1ccccc1NC(=O)c1ccc2c(c1)nnn2CC. The van der Waals surface area contributed by atoms with Crippen LogP contribution in [0.5, 0.6) is 5.75 Å². The molecule has 1 amide bonds. The lowest BCUT2D eigenvalue weighted by Gasteiger charge is -2.11. The van der Waals surface area contributed by atoms with Crippen molar-refractivity contribution in [2.45, 2.75) is 20.4 Å². The van der Waals surface area contributed by atoms with Gasteiger partial charge in [-0.05, 0) is 44.2 Å². The number of rotatable bonds is 5. The fraction of sp³-hybridized carbons (Fsp3) is 0.235. The fourth-order valence-corrected chi connectivity index (χ4v) is 2.39. The van der Waals surface area contributed by atoms with E-state index in [4.69, 9.17) is 4.74 Å². The Kier molecular flexibility index (Phi) is 4.23. The van der Waals surface area contributed by atoms with Crippen LogP contribution in [-0.2, 0) is 6.54 Å². The van der Waals surface area contributed by atoms with Crippen molar-refractivity contribution in [2.75, 3.05) is 11.9 Å². The Bertz CT molecular complexity index is 841. The Labute approximate surface area is 134 Å². The molecule has 0 saturated carbocycles. The van der Waals surface area contributed by atoms with Gasteiger partial charge in [0.1, 0.15) is 11.3 Å². The van der Waals surface area contributed by atoms with Crippen LogP contribution in [0.4, 0.5) is 5.69 Å². The van der Waals surface area contributed by atoms with Crippen molar-refractivity contribution in [1.29, 1.82) is 0 Å². The summed E-state index contributed by atoms with van der Waals surface area (Å²) in [5, 5.41) is 11.0. The first-order valence-electron chi connectivity index (χ1n) is 7.59. The van der Waals surface area contributed by atoms with E-state index in [1.54, 1.807) is 16.8 Å². The molecule has 3 aromatic rings. The van der Waals surface area contributed by atoms with E-state index in [0.29, 0.717) is 29.1 Å². The molecule has 3 rings (SSSR count). The number of aromatic nitrogens is 3. The molecule has 0 aliphatic carbocycles. The van der Waals surface area contributed by atoms with Gasteiger partial charge in [0.15, 0.2) is 0 Å². The van der Waals surface area contributed by atoms with E-state index < -0.39 is 0 Å². The number of fused-ring (bicyclic) bond motifs is 1. The molecular formula is C17H18N4O2. The molecule has 0 unspecified atom stereocenters. The van der Waals surface area contributed by atoms with E-state index in [1.165, 1.54) is 0 Å². The van der Waals surface area contributed by atoms with Gasteiger partial charge in [-0.1, -0.05) is 17.3 Å². The van der Waals surface area contributed by atoms with Crippen molar-refractivity contribution in [2.24, 2.45) is 0 Å². The molecule has 6 heteroatoms. The Morgan fingerprint density at radius 1 is 1.22 bits per heavy atom. The molecule has 0 radical (unpaired) electrons. The van der Waals surface area contributed by atoms with Gasteiger partial charge in [0.2, 0.25) is 0 Å². The average Bonchev–Trinajstić information content (AvgIpc) is 2.99. The zero-order chi connectivity index (χ0) is 16.2. The van der Waals surface area contributed by atoms with Crippen LogP contribution in [0, 0.1) is 0 Å². The van der Waals surface area contributed by atoms with E-state index in [0.717, 1.165) is 12.1 Å². The molecule has 0 saturated heterocycles. The summed E-state index contributed by atoms with van der Waals surface area (Å²) in [5.74, 6) is 0.450. The lowest BCUT2D eigenvalue weighted by atomic mass is 10.1. The maximum Gasteiger partial charge on any atom is 0.255 e. The van der Waals surface area contributed by atoms with Gasteiger partial charge in [-0.3, -0.25) is 4.79 Å². The van der Waals surface area contributed by atoms with Gasteiger partial charge >= 0.3 is 0 Å². The van der Waals surface area contributed by atoms with Crippen molar-refractivity contribution in [3.8, 4) is 5.75 Å². The number of carbonyl (C=O) groups is 1. The van der Waals surface area contributed by atoms with Crippen LogP contribution in [0.15, 0.2) is 42.5 Å². The van der Waals surface area contributed by atoms with Crippen LogP contribution < -0.4 is 10.1 Å². The molecule has 2 aromatic carbocycles. The lowest BCUT2D eigenvalue weighted by molar-refractivity contribution is 0.102. The maximum absolute atomic E-state index is 12.5. The van der Waals surface area contributed by atoms with Gasteiger partial charge in [-0.15, -0.1) is 5.10 Å². The summed E-state index contributed by atoms with van der Waals surface area (Å²) in [5.41, 5.74) is 2.81. The third kappa shape index (κ3) is 3.01. The minimum atomic E-state index is -0.204. The Morgan fingerprint density at radius 2 is 2.04 bits per heavy atom. The number of anilines is 1. The number of aryl methyl sites for hydroxylation is 1. The van der Waals surface area contributed by atoms with Crippen LogP contribution in [0.2, 0.25) is 0 Å². The van der Waals surface area contributed by atoms with E-state index in [9.17, 15) is 4.79 Å². The summed E-state index contributed by atoms with van der Waals surface area (Å²) in [7, 11) is 0. The zero-order valence-electron chi connectivity index (χ0n) is 13.1. The predicted octanol–water partition coefficient (Wildman–Crippen LogP) is 3.10. The first-order valence-corrected chi connectivity index (χ1v) is 7.59. The summed E-state index contributed by atoms with van der Waals surface area (Å²) in [6.45, 7) is 5.19. The fourth-order valence-electron chi connectivity index (χ4n) is 2.39. The molecule has 118 valence electrons. The molecule has 6 nitrogen and oxygen atoms in total. The molecule has 1 N–H and O–H groups in total. The molecule has 0 aliphatic rings. The van der Waals surface area contributed by atoms with Crippen molar-refractivity contribution >= 4 is 22.6 Å². The second-order valence-corrected chi connectivity index (χ2v) is 4.99. The van der Waals surface area contributed by atoms with Crippen LogP contribution in [0.25, 0.3) is 11.0 Å². The van der Waals surface area contributed by atoms with Gasteiger partial charge in [0.25, 0.3) is 5.91 Å². The molecule has 1 aromatic heterocycles. The Hall–Kier alpha value is -2.89. The number of nitrogens with one attached hydrogen (secondary N) is 1. The molecule has 0 spiro atoms. The number of hydrogen-bond acceptors (Lipinski definition) is 4. The number of amides is 1. The number of ether oxygens (including phenoxy) is 1. The zero-order valence-corrected chi connectivity index (χ0v) is 13.1. The first-order chi connectivity index (χ1) is 11.2. The second-order valence-electron chi connectivity index (χ2n) is 4.99. The summed E-state index contributed by atoms with van der Waals surface area (Å²) in [6.07, 6.45) is 0. The second kappa shape index (κ2) is 6.48. The van der Waals surface area contributed by atoms with Gasteiger partial charge in [-0.25, -0.2) is 4.68 Å². The highest BCUT2D eigenvalue weighted by Crippen LogP contribution is 2.24. The number of nitrogens with zero attached hydrogens (tertiary/aromatic N) is 3. The normalized spacial score (nSPS) is 10.7. The molecule has 1 heterocycles. The molecule has 0 fully saturated rings. The number of hydrogen-bond donors (Lipinski definition) is 1. The smallest absolute Gasteiger partial charge is 0.255 e. The van der Waals surface area contributed by atoms with Crippen molar-refractivity contribution in [3.63, 3.8) is 0 Å². The predicted molar refractivity (Wildman–Crippen MR) is 88.8 cm³/mol. The number of para-hydroxylation sites is 2. The maximum atomic E-state index is 12.5. The topological polar surface area (TPSA) is 69.0 Å². The summed E-state index contributed by atoms with van der Waals surface area (Å²) in [4.78, 5) is 12.5. The third-order valence-electron chi connectivity index (χ3n) is 3.51. The van der Waals surface area contributed by atoms with Gasteiger partial charge in [0, 0.05) is 12.1 Å². The van der Waals surface area contributed by atoms with Gasteiger partial charge < -0.3 is 10.1 Å². The van der Waals surface area contributed by atoms with Crippen molar-refractivity contribution < 1.29 is 9.53 Å². The quantitative estimate of drug-likeness (QED) is 0.786. The van der Waals surface area contributed by atoms with Gasteiger partial charge in [0.05, 0.1) is 17.8 Å². The van der Waals surface area contributed by atoms with Crippen molar-refractivity contribution in [3.05, 3.63) is 48.0 Å². The molecule has 0 bridgehead atoms. The highest BCUT2D eigenvalue weighted by Gasteiger charge is 2.12. The molecule has 0 aliphatic heterocycles. The third-order valence-corrected chi connectivity index (χ3v) is 3.51. The minimum absolute atomic E-state index is 0.204. The summed E-state index contributed by atoms with van der Waals surface area (Å²) in [6, 6.07) is 12.7. The van der Waals surface area contributed by atoms with E-state index in [2.05, 4.69) is 15.6 Å². The first kappa shape index (κ1) is 15.0. The highest BCUT2D eigenvalue weighted by molar-refractivity contribution is 6.06. The monoisotopic (exact) mass is 310 g/mol. The molecule has 0 atom stereocenters. The molecular weight excluding hydrogens is 292 g/mol. The molecule has 23 heavy (non-hydrogen) atoms. The van der Waals surface area contributed by atoms with E-state index in [1.807, 2.05) is 44.2 Å². The standard InChI is InChI=1S/C17H18N4O2/c1-3-21-15-10-9-12(11-14(15)19-20-21)17(22)18-13-7-5-6-8-16(13)23-4-2/h5-11H,3-4H2,1-2H3,(H,18,22). The van der Waals surface area contributed by atoms with Crippen molar-refractivity contribution in [1.82, 2.24) is 15.0 Å². The lowest BCUT2D eigenvalue weighted by Crippen LogP contribution is -2.13. The van der Waals surface area contributed by atoms with Crippen LogP contribution in [0.3, 0.4) is 0 Å². The Morgan fingerprint density at radius 3 is 2.83 bits per heavy atom. The van der Waals surface area contributed by atoms with E-state index >= 15 is 0 Å². The summed E-state index contributed by atoms with van der Waals surface area (Å²) >= 11 is 0. The number of carbonyl (C=O) groups excluding carboxylic acids is 1. The van der Waals surface area contributed by atoms with E-state index in [-0.39, 0.29) is 5.91 Å².